The number of hydrogen-bond donors (Lipinski definition) is 0. The van der Waals surface area contributed by atoms with Crippen molar-refractivity contribution >= 4 is 37.6 Å². The van der Waals surface area contributed by atoms with Crippen LogP contribution in [0.5, 0.6) is 0 Å². The molecule has 2 aromatic carbocycles. The van der Waals surface area contributed by atoms with E-state index < -0.39 is 60.7 Å². The number of carbonyl (C=O) groups excluding carboxylic acids is 4. The van der Waals surface area contributed by atoms with E-state index in [4.69, 9.17) is 4.43 Å². The van der Waals surface area contributed by atoms with Gasteiger partial charge < -0.3 is 4.43 Å². The number of imide groups is 2. The maximum absolute atomic E-state index is 14.0. The first-order chi connectivity index (χ1) is 20.2. The van der Waals surface area contributed by atoms with Crippen LogP contribution >= 0.6 is 0 Å². The van der Waals surface area contributed by atoms with E-state index >= 15 is 0 Å². The third-order valence-corrected chi connectivity index (χ3v) is 15.6. The van der Waals surface area contributed by atoms with Gasteiger partial charge in [-0.3, -0.25) is 39.1 Å². The first-order valence-electron chi connectivity index (χ1n) is 14.7. The van der Waals surface area contributed by atoms with Crippen molar-refractivity contribution in [2.45, 2.75) is 70.1 Å². The smallest absolute Gasteiger partial charge is 0.273 e. The van der Waals surface area contributed by atoms with Crippen LogP contribution in [0.2, 0.25) is 16.6 Å². The Balaban J connectivity index is 1.80. The number of likely N-dealkylation sites (tertiary alicyclic amines) is 1. The second kappa shape index (κ2) is 10.9. The monoisotopic (exact) mass is 603 g/mol. The fourth-order valence-corrected chi connectivity index (χ4v) is 13.1. The predicted molar refractivity (Wildman–Crippen MR) is 162 cm³/mol. The van der Waals surface area contributed by atoms with Gasteiger partial charge in [-0.15, -0.1) is 0 Å². The molecule has 0 unspecified atom stereocenters. The Labute approximate surface area is 252 Å². The minimum atomic E-state index is -2.76. The number of hydrogen-bond acceptors (Lipinski definition) is 7. The number of benzene rings is 2. The summed E-state index contributed by atoms with van der Waals surface area (Å²) >= 11 is 0. The van der Waals surface area contributed by atoms with Crippen LogP contribution in [-0.4, -0.2) is 59.8 Å². The highest BCUT2D eigenvalue weighted by molar-refractivity contribution is 6.77. The standard InChI is InChI=1S/C32H37N3O7Si/c1-17(2)43(18(3)4,19(5)6)42-25-16-23(20-12-10-11-15-24(20)35(40)41)26-27(32(39)33(7)31(26)38)28(25)34-29(36)21-13-8-9-14-22(21)30(34)37/h8-19,23,26-28H,1-7H3/t23-,26+,27+,28-/m1/s1. The molecule has 226 valence electrons. The molecule has 4 amide bonds. The lowest BCUT2D eigenvalue weighted by molar-refractivity contribution is -0.385. The molecule has 1 aliphatic carbocycles. The Bertz CT molecular complexity index is 1510. The summed E-state index contributed by atoms with van der Waals surface area (Å²) in [5.74, 6) is -5.11. The van der Waals surface area contributed by atoms with Crippen LogP contribution < -0.4 is 0 Å². The van der Waals surface area contributed by atoms with Crippen LogP contribution in [0.15, 0.2) is 60.4 Å². The Morgan fingerprint density at radius 3 is 1.79 bits per heavy atom. The van der Waals surface area contributed by atoms with Crippen LogP contribution in [0, 0.1) is 22.0 Å². The first kappa shape index (κ1) is 30.3. The molecule has 10 nitrogen and oxygen atoms in total. The van der Waals surface area contributed by atoms with E-state index in [2.05, 4.69) is 41.5 Å². The van der Waals surface area contributed by atoms with Crippen molar-refractivity contribution in [3.8, 4) is 0 Å². The Morgan fingerprint density at radius 2 is 1.28 bits per heavy atom. The number of fused-ring (bicyclic) bond motifs is 2. The zero-order chi connectivity index (χ0) is 31.5. The molecule has 0 aromatic heterocycles. The molecular weight excluding hydrogens is 566 g/mol. The highest BCUT2D eigenvalue weighted by atomic mass is 28.4. The van der Waals surface area contributed by atoms with E-state index in [0.29, 0.717) is 0 Å². The quantitative estimate of drug-likeness (QED) is 0.165. The summed E-state index contributed by atoms with van der Waals surface area (Å²) in [5, 5.41) is 12.1. The lowest BCUT2D eigenvalue weighted by Crippen LogP contribution is -2.56. The van der Waals surface area contributed by atoms with Gasteiger partial charge in [-0.2, -0.15) is 0 Å². The summed E-state index contributed by atoms with van der Waals surface area (Å²) in [6, 6.07) is 11.4. The summed E-state index contributed by atoms with van der Waals surface area (Å²) in [7, 11) is -1.39. The summed E-state index contributed by atoms with van der Waals surface area (Å²) in [5.41, 5.74) is 0.817. The van der Waals surface area contributed by atoms with Gasteiger partial charge in [0.25, 0.3) is 25.8 Å². The first-order valence-corrected chi connectivity index (χ1v) is 16.8. The van der Waals surface area contributed by atoms with Crippen molar-refractivity contribution < 1.29 is 28.5 Å². The van der Waals surface area contributed by atoms with Crippen LogP contribution in [0.25, 0.3) is 0 Å². The topological polar surface area (TPSA) is 127 Å². The summed E-state index contributed by atoms with van der Waals surface area (Å²) in [6.07, 6.45) is 1.68. The van der Waals surface area contributed by atoms with Gasteiger partial charge >= 0.3 is 0 Å². The van der Waals surface area contributed by atoms with E-state index in [-0.39, 0.29) is 44.8 Å². The van der Waals surface area contributed by atoms with Crippen molar-refractivity contribution in [3.63, 3.8) is 0 Å². The fraction of sp³-hybridized carbons (Fsp3) is 0.438. The van der Waals surface area contributed by atoms with Crippen molar-refractivity contribution in [2.75, 3.05) is 7.05 Å². The molecule has 2 aliphatic heterocycles. The third-order valence-electron chi connectivity index (χ3n) is 9.58. The van der Waals surface area contributed by atoms with E-state index in [0.717, 1.165) is 9.80 Å². The van der Waals surface area contributed by atoms with Crippen LogP contribution in [0.4, 0.5) is 5.69 Å². The Hall–Kier alpha value is -4.12. The number of nitrogens with zero attached hydrogens (tertiary/aromatic N) is 3. The Morgan fingerprint density at radius 1 is 0.791 bits per heavy atom. The van der Waals surface area contributed by atoms with Gasteiger partial charge in [0.2, 0.25) is 11.8 Å². The molecule has 0 saturated carbocycles. The number of rotatable bonds is 8. The molecular formula is C32H37N3O7Si. The van der Waals surface area contributed by atoms with Gasteiger partial charge in [0.1, 0.15) is 6.04 Å². The predicted octanol–water partition coefficient (Wildman–Crippen LogP) is 5.66. The molecule has 5 rings (SSSR count). The third kappa shape index (κ3) is 4.43. The number of para-hydroxylation sites is 1. The van der Waals surface area contributed by atoms with Gasteiger partial charge in [0.15, 0.2) is 0 Å². The van der Waals surface area contributed by atoms with Gasteiger partial charge in [0, 0.05) is 24.6 Å². The molecule has 2 aromatic rings. The molecule has 1 fully saturated rings. The number of amides is 4. The minimum absolute atomic E-state index is 0.0991. The van der Waals surface area contributed by atoms with Crippen molar-refractivity contribution in [1.82, 2.24) is 9.80 Å². The van der Waals surface area contributed by atoms with E-state index in [1.165, 1.54) is 13.1 Å². The molecule has 2 heterocycles. The second-order valence-electron chi connectivity index (χ2n) is 12.6. The number of nitro benzene ring substituents is 1. The van der Waals surface area contributed by atoms with E-state index in [9.17, 15) is 29.3 Å². The average Bonchev–Trinajstić information content (AvgIpc) is 3.35. The summed E-state index contributed by atoms with van der Waals surface area (Å²) < 4.78 is 7.16. The molecule has 3 aliphatic rings. The zero-order valence-electron chi connectivity index (χ0n) is 25.4. The molecule has 1 saturated heterocycles. The lowest BCUT2D eigenvalue weighted by Gasteiger charge is -2.47. The van der Waals surface area contributed by atoms with Crippen LogP contribution in [-0.2, 0) is 14.0 Å². The van der Waals surface area contributed by atoms with Crippen molar-refractivity contribution in [1.29, 1.82) is 0 Å². The van der Waals surface area contributed by atoms with Crippen molar-refractivity contribution in [3.05, 3.63) is 87.2 Å². The largest absolute Gasteiger partial charge is 0.544 e. The average molecular weight is 604 g/mol. The van der Waals surface area contributed by atoms with Gasteiger partial charge in [-0.05, 0) is 34.8 Å². The summed E-state index contributed by atoms with van der Waals surface area (Å²) in [6.45, 7) is 12.5. The highest BCUT2D eigenvalue weighted by Crippen LogP contribution is 2.53. The SMILES string of the molecule is CC(C)[Si](OC1=C[C@H](c2ccccc2[N+](=O)[O-])[C@@H]2C(=O)N(C)C(=O)[C@@H]2[C@@H]1N1C(=O)c2ccccc2C1=O)(C(C)C)C(C)C. The van der Waals surface area contributed by atoms with Crippen molar-refractivity contribution in [2.24, 2.45) is 11.8 Å². The molecule has 0 spiro atoms. The molecule has 0 bridgehead atoms. The fourth-order valence-electron chi connectivity index (χ4n) is 7.75. The number of nitro groups is 1. The van der Waals surface area contributed by atoms with Crippen LogP contribution in [0.1, 0.15) is 73.7 Å². The normalized spacial score (nSPS) is 23.8. The van der Waals surface area contributed by atoms with E-state index in [1.807, 2.05) is 0 Å². The highest BCUT2D eigenvalue weighted by Gasteiger charge is 2.62. The molecule has 11 heteroatoms. The second-order valence-corrected chi connectivity index (χ2v) is 18.0. The molecule has 43 heavy (non-hydrogen) atoms. The van der Waals surface area contributed by atoms with Crippen LogP contribution in [0.3, 0.4) is 0 Å². The maximum Gasteiger partial charge on any atom is 0.273 e. The summed E-state index contributed by atoms with van der Waals surface area (Å²) in [4.78, 5) is 69.2. The molecule has 0 N–H and O–H groups in total. The van der Waals surface area contributed by atoms with E-state index in [1.54, 1.807) is 48.5 Å². The van der Waals surface area contributed by atoms with Gasteiger partial charge in [-0.1, -0.05) is 71.9 Å². The zero-order valence-corrected chi connectivity index (χ0v) is 26.4. The van der Waals surface area contributed by atoms with Gasteiger partial charge in [-0.25, -0.2) is 0 Å². The Kier molecular flexibility index (Phi) is 7.66. The lowest BCUT2D eigenvalue weighted by atomic mass is 9.70. The molecule has 0 radical (unpaired) electrons. The molecule has 4 atom stereocenters. The minimum Gasteiger partial charge on any atom is -0.544 e. The number of carbonyl (C=O) groups is 4. The number of allylic oxidation sites excluding steroid dienone is 1. The van der Waals surface area contributed by atoms with Gasteiger partial charge in [0.05, 0.1) is 33.6 Å². The maximum atomic E-state index is 14.0.